The van der Waals surface area contributed by atoms with Gasteiger partial charge in [0.2, 0.25) is 0 Å². The van der Waals surface area contributed by atoms with Crippen molar-refractivity contribution in [3.63, 3.8) is 0 Å². The van der Waals surface area contributed by atoms with Gasteiger partial charge in [0.1, 0.15) is 11.2 Å². The van der Waals surface area contributed by atoms with Crippen molar-refractivity contribution in [2.75, 3.05) is 25.0 Å². The molecule has 2 heterocycles. The van der Waals surface area contributed by atoms with Crippen molar-refractivity contribution in [1.82, 2.24) is 0 Å². The molecule has 112 valence electrons. The zero-order valence-electron chi connectivity index (χ0n) is 11.0. The molecule has 2 aliphatic rings. The average Bonchev–Trinajstić information content (AvgIpc) is 3.33. The fourth-order valence-electron chi connectivity index (χ4n) is 2.29. The average molecular weight is 352 g/mol. The van der Waals surface area contributed by atoms with Crippen LogP contribution in [-0.2, 0) is 14.2 Å². The van der Waals surface area contributed by atoms with Gasteiger partial charge in [-0.3, -0.25) is 0 Å². The highest BCUT2D eigenvalue weighted by Crippen LogP contribution is 2.54. The maximum absolute atomic E-state index is 6.40. The van der Waals surface area contributed by atoms with E-state index in [2.05, 4.69) is 0 Å². The van der Waals surface area contributed by atoms with E-state index in [1.165, 1.54) is 0 Å². The molecule has 0 aromatic rings. The number of halogens is 4. The van der Waals surface area contributed by atoms with Gasteiger partial charge in [0.05, 0.1) is 25.0 Å². The Labute approximate surface area is 133 Å². The Hall–Kier alpha value is 1.04. The molecule has 2 saturated heterocycles. The molecular formula is C12H18Cl4O3. The standard InChI is InChI=1S/C12H18Cl4O3/c1-3-9(5-13,11(15)7-17-11)19-10(4-2,6-14)12(16)8-18-12/h3-8H2,1-2H3. The summed E-state index contributed by atoms with van der Waals surface area (Å²) in [5, 5.41) is -1.78. The van der Waals surface area contributed by atoms with Crippen molar-refractivity contribution in [1.29, 1.82) is 0 Å². The van der Waals surface area contributed by atoms with Crippen LogP contribution in [0.5, 0.6) is 0 Å². The van der Waals surface area contributed by atoms with E-state index in [1.54, 1.807) is 0 Å². The van der Waals surface area contributed by atoms with Gasteiger partial charge in [-0.2, -0.15) is 0 Å². The van der Waals surface area contributed by atoms with Crippen molar-refractivity contribution in [3.8, 4) is 0 Å². The van der Waals surface area contributed by atoms with E-state index in [4.69, 9.17) is 60.6 Å². The predicted octanol–water partition coefficient (Wildman–Crippen LogP) is 3.71. The monoisotopic (exact) mass is 350 g/mol. The molecule has 4 atom stereocenters. The molecule has 2 rings (SSSR count). The maximum atomic E-state index is 6.40. The number of rotatable bonds is 8. The van der Waals surface area contributed by atoms with Crippen LogP contribution in [0.1, 0.15) is 26.7 Å². The lowest BCUT2D eigenvalue weighted by Crippen LogP contribution is -2.58. The van der Waals surface area contributed by atoms with Crippen LogP contribution in [0.2, 0.25) is 0 Å². The first-order chi connectivity index (χ1) is 8.86. The smallest absolute Gasteiger partial charge is 0.194 e. The maximum Gasteiger partial charge on any atom is 0.194 e. The van der Waals surface area contributed by atoms with Crippen molar-refractivity contribution < 1.29 is 14.2 Å². The summed E-state index contributed by atoms with van der Waals surface area (Å²) in [5.41, 5.74) is -1.65. The van der Waals surface area contributed by atoms with Crippen molar-refractivity contribution in [2.24, 2.45) is 0 Å². The van der Waals surface area contributed by atoms with E-state index < -0.39 is 21.3 Å². The molecule has 19 heavy (non-hydrogen) atoms. The van der Waals surface area contributed by atoms with E-state index in [1.807, 2.05) is 13.8 Å². The number of hydrogen-bond donors (Lipinski definition) is 0. The fourth-order valence-corrected chi connectivity index (χ4v) is 3.94. The molecule has 7 heteroatoms. The van der Waals surface area contributed by atoms with Crippen LogP contribution in [-0.4, -0.2) is 46.3 Å². The molecule has 0 aromatic carbocycles. The number of epoxide rings is 2. The highest BCUT2D eigenvalue weighted by molar-refractivity contribution is 6.28. The third-order valence-corrected chi connectivity index (χ3v) is 6.11. The van der Waals surface area contributed by atoms with E-state index in [9.17, 15) is 0 Å². The Morgan fingerprint density at radius 3 is 1.42 bits per heavy atom. The van der Waals surface area contributed by atoms with Crippen molar-refractivity contribution in [3.05, 3.63) is 0 Å². The van der Waals surface area contributed by atoms with Gasteiger partial charge in [-0.15, -0.1) is 23.2 Å². The van der Waals surface area contributed by atoms with Gasteiger partial charge in [-0.1, -0.05) is 37.0 Å². The summed E-state index contributed by atoms with van der Waals surface area (Å²) >= 11 is 25.0. The topological polar surface area (TPSA) is 34.3 Å². The highest BCUT2D eigenvalue weighted by Gasteiger charge is 2.68. The number of ether oxygens (including phenoxy) is 3. The van der Waals surface area contributed by atoms with E-state index in [0.717, 1.165) is 0 Å². The van der Waals surface area contributed by atoms with Crippen LogP contribution in [0.3, 0.4) is 0 Å². The number of hydrogen-bond acceptors (Lipinski definition) is 3. The Kier molecular flexibility index (Phi) is 4.62. The second kappa shape index (κ2) is 5.35. The second-order valence-corrected chi connectivity index (χ2v) is 6.85. The molecule has 3 nitrogen and oxygen atoms in total. The Morgan fingerprint density at radius 2 is 1.26 bits per heavy atom. The fraction of sp³-hybridized carbons (Fsp3) is 1.00. The molecule has 0 bridgehead atoms. The summed E-state index contributed by atoms with van der Waals surface area (Å²) in [6.07, 6.45) is 1.21. The van der Waals surface area contributed by atoms with Crippen LogP contribution in [0, 0.1) is 0 Å². The molecule has 0 N–H and O–H groups in total. The minimum atomic E-state index is -0.891. The normalized spacial score (nSPS) is 39.5. The molecule has 0 aliphatic carbocycles. The van der Waals surface area contributed by atoms with Gasteiger partial charge in [-0.05, 0) is 12.8 Å². The molecule has 2 fully saturated rings. The minimum Gasteiger partial charge on any atom is -0.357 e. The molecule has 0 radical (unpaired) electrons. The summed E-state index contributed by atoms with van der Waals surface area (Å²) in [4.78, 5) is 0. The molecular weight excluding hydrogens is 334 g/mol. The molecule has 0 saturated carbocycles. The third kappa shape index (κ3) is 2.50. The lowest BCUT2D eigenvalue weighted by atomic mass is 9.92. The van der Waals surface area contributed by atoms with Gasteiger partial charge >= 0.3 is 0 Å². The van der Waals surface area contributed by atoms with Crippen LogP contribution in [0.4, 0.5) is 0 Å². The zero-order valence-corrected chi connectivity index (χ0v) is 14.0. The van der Waals surface area contributed by atoms with E-state index in [0.29, 0.717) is 26.1 Å². The number of alkyl halides is 4. The van der Waals surface area contributed by atoms with Crippen LogP contribution in [0.25, 0.3) is 0 Å². The van der Waals surface area contributed by atoms with Gasteiger partial charge in [0.25, 0.3) is 0 Å². The van der Waals surface area contributed by atoms with E-state index in [-0.39, 0.29) is 11.8 Å². The molecule has 4 unspecified atom stereocenters. The minimum absolute atomic E-state index is 0.207. The summed E-state index contributed by atoms with van der Waals surface area (Å²) in [5.74, 6) is 0.414. The zero-order chi connectivity index (χ0) is 14.4. The predicted molar refractivity (Wildman–Crippen MR) is 77.6 cm³/mol. The summed E-state index contributed by atoms with van der Waals surface area (Å²) < 4.78 is 17.0. The first-order valence-electron chi connectivity index (χ1n) is 6.34. The Morgan fingerprint density at radius 1 is 0.947 bits per heavy atom. The van der Waals surface area contributed by atoms with Crippen LogP contribution in [0.15, 0.2) is 0 Å². The summed E-state index contributed by atoms with van der Waals surface area (Å²) in [6, 6.07) is 0. The van der Waals surface area contributed by atoms with Gasteiger partial charge in [0, 0.05) is 0 Å². The Balaban J connectivity index is 2.28. The lowest BCUT2D eigenvalue weighted by Gasteiger charge is -2.44. The highest BCUT2D eigenvalue weighted by atomic mass is 35.5. The van der Waals surface area contributed by atoms with E-state index >= 15 is 0 Å². The summed E-state index contributed by atoms with van der Waals surface area (Å²) in [7, 11) is 0. The first-order valence-corrected chi connectivity index (χ1v) is 8.17. The van der Waals surface area contributed by atoms with Crippen LogP contribution >= 0.6 is 46.4 Å². The molecule has 0 spiro atoms. The van der Waals surface area contributed by atoms with Gasteiger partial charge < -0.3 is 14.2 Å². The molecule has 2 aliphatic heterocycles. The Bertz CT molecular complexity index is 302. The van der Waals surface area contributed by atoms with Crippen LogP contribution < -0.4 is 0 Å². The lowest BCUT2D eigenvalue weighted by molar-refractivity contribution is -0.173. The van der Waals surface area contributed by atoms with Crippen molar-refractivity contribution in [2.45, 2.75) is 48.0 Å². The molecule has 0 amide bonds. The quantitative estimate of drug-likeness (QED) is 0.493. The second-order valence-electron chi connectivity index (χ2n) is 5.10. The molecule has 0 aromatic heterocycles. The third-order valence-electron chi connectivity index (χ3n) is 4.12. The largest absolute Gasteiger partial charge is 0.357 e. The SMILES string of the molecule is CCC(CCl)(OC(CC)(CCl)C1(Cl)CO1)C1(Cl)CO1. The van der Waals surface area contributed by atoms with Crippen molar-refractivity contribution >= 4 is 46.4 Å². The van der Waals surface area contributed by atoms with Gasteiger partial charge in [0.15, 0.2) is 10.1 Å². The summed E-state index contributed by atoms with van der Waals surface area (Å²) in [6.45, 7) is 4.73. The first kappa shape index (κ1) is 16.4. The van der Waals surface area contributed by atoms with Gasteiger partial charge in [-0.25, -0.2) is 0 Å².